The number of carboxylic acid groups (broad SMARTS) is 1. The Labute approximate surface area is 122 Å². The van der Waals surface area contributed by atoms with Gasteiger partial charge < -0.3 is 10.4 Å². The lowest BCUT2D eigenvalue weighted by molar-refractivity contribution is -0.147. The number of hydrogen-bond donors (Lipinski definition) is 2. The highest BCUT2D eigenvalue weighted by Crippen LogP contribution is 2.41. The minimum absolute atomic E-state index is 0.317. The normalized spacial score (nSPS) is 23.8. The molecule has 0 aliphatic heterocycles. The Morgan fingerprint density at radius 2 is 1.85 bits per heavy atom. The van der Waals surface area contributed by atoms with E-state index < -0.39 is 11.5 Å². The van der Waals surface area contributed by atoms with E-state index in [0.717, 1.165) is 25.9 Å². The summed E-state index contributed by atoms with van der Waals surface area (Å²) in [6, 6.07) is 0.588. The van der Waals surface area contributed by atoms with Crippen LogP contribution in [-0.4, -0.2) is 47.2 Å². The zero-order valence-electron chi connectivity index (χ0n) is 13.0. The lowest BCUT2D eigenvalue weighted by atomic mass is 9.88. The molecule has 0 amide bonds. The molecule has 4 heteroatoms. The Kier molecular flexibility index (Phi) is 5.44. The van der Waals surface area contributed by atoms with Crippen molar-refractivity contribution in [1.29, 1.82) is 0 Å². The summed E-state index contributed by atoms with van der Waals surface area (Å²) in [4.78, 5) is 14.4. The van der Waals surface area contributed by atoms with Gasteiger partial charge in [-0.2, -0.15) is 0 Å². The molecule has 0 heterocycles. The largest absolute Gasteiger partial charge is 0.480 e. The second-order valence-electron chi connectivity index (χ2n) is 6.44. The first-order chi connectivity index (χ1) is 9.64. The molecule has 0 saturated heterocycles. The van der Waals surface area contributed by atoms with Crippen molar-refractivity contribution in [2.45, 2.75) is 70.4 Å². The highest BCUT2D eigenvalue weighted by Gasteiger charge is 2.51. The first-order valence-corrected chi connectivity index (χ1v) is 8.36. The molecule has 2 aliphatic carbocycles. The summed E-state index contributed by atoms with van der Waals surface area (Å²) >= 11 is 0. The molecule has 0 aromatic rings. The average Bonchev–Trinajstić information content (AvgIpc) is 3.29. The first-order valence-electron chi connectivity index (χ1n) is 8.36. The van der Waals surface area contributed by atoms with Gasteiger partial charge in [0.05, 0.1) is 0 Å². The number of nitrogens with zero attached hydrogens (tertiary/aromatic N) is 1. The Balaban J connectivity index is 2.09. The Bertz CT molecular complexity index is 324. The number of rotatable bonds is 8. The molecule has 2 aliphatic rings. The fourth-order valence-electron chi connectivity index (χ4n) is 3.80. The van der Waals surface area contributed by atoms with Crippen molar-refractivity contribution >= 4 is 5.97 Å². The van der Waals surface area contributed by atoms with E-state index in [1.807, 2.05) is 6.92 Å². The van der Waals surface area contributed by atoms with E-state index in [1.54, 1.807) is 0 Å². The van der Waals surface area contributed by atoms with Gasteiger partial charge in [-0.15, -0.1) is 0 Å². The number of aliphatic carboxylic acids is 1. The van der Waals surface area contributed by atoms with Crippen LogP contribution in [0.25, 0.3) is 0 Å². The van der Waals surface area contributed by atoms with E-state index in [-0.39, 0.29) is 0 Å². The molecule has 1 unspecified atom stereocenters. The third-order valence-corrected chi connectivity index (χ3v) is 5.10. The monoisotopic (exact) mass is 282 g/mol. The highest BCUT2D eigenvalue weighted by molar-refractivity contribution is 5.80. The van der Waals surface area contributed by atoms with Crippen molar-refractivity contribution in [1.82, 2.24) is 10.2 Å². The van der Waals surface area contributed by atoms with E-state index in [9.17, 15) is 9.90 Å². The molecule has 0 aromatic carbocycles. The Hall–Kier alpha value is -0.610. The zero-order chi connectivity index (χ0) is 14.6. The fraction of sp³-hybridized carbons (Fsp3) is 0.938. The molecule has 0 aromatic heterocycles. The summed E-state index contributed by atoms with van der Waals surface area (Å²) in [6.07, 6.45) is 8.52. The van der Waals surface area contributed by atoms with E-state index >= 15 is 0 Å². The van der Waals surface area contributed by atoms with Crippen LogP contribution in [0.3, 0.4) is 0 Å². The molecule has 2 fully saturated rings. The third kappa shape index (κ3) is 3.34. The van der Waals surface area contributed by atoms with Crippen molar-refractivity contribution < 1.29 is 9.90 Å². The van der Waals surface area contributed by atoms with Crippen LogP contribution in [0.4, 0.5) is 0 Å². The minimum atomic E-state index is -0.720. The van der Waals surface area contributed by atoms with Gasteiger partial charge in [0.15, 0.2) is 0 Å². The van der Waals surface area contributed by atoms with Crippen molar-refractivity contribution in [2.24, 2.45) is 5.92 Å². The van der Waals surface area contributed by atoms with Crippen molar-refractivity contribution in [2.75, 3.05) is 19.6 Å². The smallest absolute Gasteiger partial charge is 0.325 e. The van der Waals surface area contributed by atoms with Gasteiger partial charge in [-0.25, -0.2) is 0 Å². The van der Waals surface area contributed by atoms with Crippen LogP contribution < -0.4 is 5.32 Å². The second kappa shape index (κ2) is 6.90. The van der Waals surface area contributed by atoms with Crippen LogP contribution in [0, 0.1) is 5.92 Å². The lowest BCUT2D eigenvalue weighted by Gasteiger charge is -2.40. The quantitative estimate of drug-likeness (QED) is 0.718. The maximum absolute atomic E-state index is 11.9. The summed E-state index contributed by atoms with van der Waals surface area (Å²) < 4.78 is 0. The molecular formula is C16H30N2O2. The molecule has 1 atom stereocenters. The number of nitrogens with one attached hydrogen (secondary N) is 1. The van der Waals surface area contributed by atoms with Gasteiger partial charge in [-0.1, -0.05) is 33.1 Å². The summed E-state index contributed by atoms with van der Waals surface area (Å²) in [5.41, 5.74) is -0.720. The van der Waals surface area contributed by atoms with Gasteiger partial charge in [-0.3, -0.25) is 9.69 Å². The molecule has 116 valence electrons. The second-order valence-corrected chi connectivity index (χ2v) is 6.44. The summed E-state index contributed by atoms with van der Waals surface area (Å²) in [5.74, 6) is -0.339. The Morgan fingerprint density at radius 1 is 1.20 bits per heavy atom. The molecular weight excluding hydrogens is 252 g/mol. The number of carboxylic acids is 1. The minimum Gasteiger partial charge on any atom is -0.480 e. The van der Waals surface area contributed by atoms with Crippen molar-refractivity contribution in [3.05, 3.63) is 0 Å². The van der Waals surface area contributed by atoms with Crippen LogP contribution in [0.2, 0.25) is 0 Å². The number of hydrogen-bond acceptors (Lipinski definition) is 3. The molecule has 4 nitrogen and oxygen atoms in total. The topological polar surface area (TPSA) is 52.6 Å². The van der Waals surface area contributed by atoms with Crippen molar-refractivity contribution in [3.8, 4) is 0 Å². The van der Waals surface area contributed by atoms with Crippen LogP contribution in [-0.2, 0) is 4.79 Å². The molecule has 2 rings (SSSR count). The maximum Gasteiger partial charge on any atom is 0.325 e. The van der Waals surface area contributed by atoms with Gasteiger partial charge in [0, 0.05) is 12.6 Å². The van der Waals surface area contributed by atoms with Gasteiger partial charge in [0.1, 0.15) is 5.54 Å². The zero-order valence-corrected chi connectivity index (χ0v) is 13.0. The van der Waals surface area contributed by atoms with E-state index in [4.69, 9.17) is 0 Å². The summed E-state index contributed by atoms with van der Waals surface area (Å²) in [7, 11) is 0. The predicted molar refractivity (Wildman–Crippen MR) is 80.9 cm³/mol. The van der Waals surface area contributed by atoms with E-state index in [1.165, 1.54) is 32.1 Å². The molecule has 2 saturated carbocycles. The van der Waals surface area contributed by atoms with Crippen LogP contribution in [0.1, 0.15) is 58.8 Å². The van der Waals surface area contributed by atoms with Gasteiger partial charge >= 0.3 is 5.97 Å². The fourth-order valence-corrected chi connectivity index (χ4v) is 3.80. The number of carbonyl (C=O) groups is 1. The van der Waals surface area contributed by atoms with Crippen molar-refractivity contribution in [3.63, 3.8) is 0 Å². The van der Waals surface area contributed by atoms with Gasteiger partial charge in [-0.05, 0) is 44.7 Å². The van der Waals surface area contributed by atoms with Gasteiger partial charge in [0.2, 0.25) is 0 Å². The molecule has 20 heavy (non-hydrogen) atoms. The summed E-state index contributed by atoms with van der Waals surface area (Å²) in [5, 5.41) is 13.1. The van der Waals surface area contributed by atoms with Crippen LogP contribution >= 0.6 is 0 Å². The summed E-state index contributed by atoms with van der Waals surface area (Å²) in [6.45, 7) is 6.53. The predicted octanol–water partition coefficient (Wildman–Crippen LogP) is 2.48. The number of likely N-dealkylation sites (N-methyl/N-ethyl adjacent to an activating group) is 2. The van der Waals surface area contributed by atoms with E-state index in [0.29, 0.717) is 18.5 Å². The lowest BCUT2D eigenvalue weighted by Crippen LogP contribution is -2.62. The SMILES string of the molecule is CCNC(CN(CC)C1CCCCC1)(C(=O)O)C1CC1. The molecule has 0 radical (unpaired) electrons. The average molecular weight is 282 g/mol. The molecule has 0 spiro atoms. The van der Waals surface area contributed by atoms with Crippen LogP contribution in [0.15, 0.2) is 0 Å². The van der Waals surface area contributed by atoms with Gasteiger partial charge in [0.25, 0.3) is 0 Å². The highest BCUT2D eigenvalue weighted by atomic mass is 16.4. The standard InChI is InChI=1S/C16H30N2O2/c1-3-17-16(15(19)20,13-10-11-13)12-18(4-2)14-8-6-5-7-9-14/h13-14,17H,3-12H2,1-2H3,(H,19,20). The maximum atomic E-state index is 11.9. The first kappa shape index (κ1) is 15.8. The third-order valence-electron chi connectivity index (χ3n) is 5.10. The Morgan fingerprint density at radius 3 is 2.30 bits per heavy atom. The van der Waals surface area contributed by atoms with Crippen LogP contribution in [0.5, 0.6) is 0 Å². The molecule has 2 N–H and O–H groups in total. The molecule has 0 bridgehead atoms. The van der Waals surface area contributed by atoms with E-state index in [2.05, 4.69) is 17.1 Å².